The molecule has 0 spiro atoms. The zero-order valence-electron chi connectivity index (χ0n) is 11.4. The quantitative estimate of drug-likeness (QED) is 0.596. The maximum atomic E-state index is 12.8. The van der Waals surface area contributed by atoms with Crippen LogP contribution in [0.4, 0.5) is 4.39 Å². The molecule has 1 aromatic heterocycles. The molecule has 0 fully saturated rings. The number of aromatic nitrogens is 2. The molecule has 4 nitrogen and oxygen atoms in total. The molecule has 0 aliphatic carbocycles. The summed E-state index contributed by atoms with van der Waals surface area (Å²) >= 11 is 0. The lowest BCUT2D eigenvalue weighted by Crippen LogP contribution is -2.14. The second kappa shape index (κ2) is 5.73. The Labute approximate surface area is 125 Å². The lowest BCUT2D eigenvalue weighted by molar-refractivity contribution is 0.103. The standard InChI is InChI=1S/C17H11FN2O2/c18-12-8-5-11(6-9-12)7-10-15(21)16-19-14-4-2-1-3-13(14)17(22)20-16/h1-10H,(H,19,20,22)/b10-7+. The van der Waals surface area contributed by atoms with Gasteiger partial charge in [-0.25, -0.2) is 9.37 Å². The molecule has 0 aliphatic heterocycles. The van der Waals surface area contributed by atoms with Crippen molar-refractivity contribution in [2.24, 2.45) is 0 Å². The summed E-state index contributed by atoms with van der Waals surface area (Å²) in [6.07, 6.45) is 2.83. The van der Waals surface area contributed by atoms with Crippen LogP contribution in [0.2, 0.25) is 0 Å². The molecule has 1 heterocycles. The van der Waals surface area contributed by atoms with Gasteiger partial charge in [-0.1, -0.05) is 30.3 Å². The van der Waals surface area contributed by atoms with Crippen molar-refractivity contribution in [2.45, 2.75) is 0 Å². The molecule has 3 rings (SSSR count). The highest BCUT2D eigenvalue weighted by atomic mass is 19.1. The first-order chi connectivity index (χ1) is 10.6. The fourth-order valence-corrected chi connectivity index (χ4v) is 2.03. The highest BCUT2D eigenvalue weighted by molar-refractivity contribution is 6.04. The van der Waals surface area contributed by atoms with Gasteiger partial charge in [0, 0.05) is 0 Å². The lowest BCUT2D eigenvalue weighted by atomic mass is 10.2. The number of fused-ring (bicyclic) bond motifs is 1. The number of benzene rings is 2. The van der Waals surface area contributed by atoms with E-state index in [1.54, 1.807) is 36.4 Å². The lowest BCUT2D eigenvalue weighted by Gasteiger charge is -1.99. The molecule has 0 aliphatic rings. The van der Waals surface area contributed by atoms with Gasteiger partial charge in [0.1, 0.15) is 5.82 Å². The first kappa shape index (κ1) is 13.9. The number of hydrogen-bond acceptors (Lipinski definition) is 3. The topological polar surface area (TPSA) is 62.8 Å². The summed E-state index contributed by atoms with van der Waals surface area (Å²) in [5.74, 6) is -0.793. The zero-order valence-corrected chi connectivity index (χ0v) is 11.4. The van der Waals surface area contributed by atoms with Crippen molar-refractivity contribution in [3.8, 4) is 0 Å². The average molecular weight is 294 g/mol. The maximum Gasteiger partial charge on any atom is 0.259 e. The van der Waals surface area contributed by atoms with Gasteiger partial charge in [0.25, 0.3) is 5.56 Å². The number of carbonyl (C=O) groups is 1. The monoisotopic (exact) mass is 294 g/mol. The zero-order chi connectivity index (χ0) is 15.5. The van der Waals surface area contributed by atoms with Gasteiger partial charge in [-0.3, -0.25) is 9.59 Å². The van der Waals surface area contributed by atoms with Gasteiger partial charge < -0.3 is 4.98 Å². The second-order valence-corrected chi connectivity index (χ2v) is 4.68. The third kappa shape index (κ3) is 2.83. The highest BCUT2D eigenvalue weighted by Crippen LogP contribution is 2.08. The van der Waals surface area contributed by atoms with E-state index in [2.05, 4.69) is 9.97 Å². The molecule has 0 amide bonds. The van der Waals surface area contributed by atoms with Crippen molar-refractivity contribution < 1.29 is 9.18 Å². The van der Waals surface area contributed by atoms with Crippen LogP contribution in [0.5, 0.6) is 0 Å². The third-order valence-electron chi connectivity index (χ3n) is 3.14. The van der Waals surface area contributed by atoms with E-state index in [4.69, 9.17) is 0 Å². The van der Waals surface area contributed by atoms with Gasteiger partial charge in [-0.05, 0) is 35.9 Å². The van der Waals surface area contributed by atoms with E-state index in [9.17, 15) is 14.0 Å². The number of ketones is 1. The SMILES string of the molecule is O=C(/C=C/c1ccc(F)cc1)c1nc2ccccc2c(=O)[nH]1. The van der Waals surface area contributed by atoms with Crippen molar-refractivity contribution in [1.29, 1.82) is 0 Å². The number of aromatic amines is 1. The summed E-state index contributed by atoms with van der Waals surface area (Å²) in [6, 6.07) is 12.5. The van der Waals surface area contributed by atoms with Gasteiger partial charge in [0.2, 0.25) is 5.78 Å². The molecule has 0 saturated heterocycles. The Morgan fingerprint density at radius 1 is 1.09 bits per heavy atom. The van der Waals surface area contributed by atoms with E-state index in [0.29, 0.717) is 16.5 Å². The van der Waals surface area contributed by atoms with Crippen LogP contribution < -0.4 is 5.56 Å². The van der Waals surface area contributed by atoms with Crippen molar-refractivity contribution in [2.75, 3.05) is 0 Å². The molecule has 2 aromatic carbocycles. The number of para-hydroxylation sites is 1. The van der Waals surface area contributed by atoms with Gasteiger partial charge in [-0.15, -0.1) is 0 Å². The number of hydrogen-bond donors (Lipinski definition) is 1. The molecule has 22 heavy (non-hydrogen) atoms. The van der Waals surface area contributed by atoms with Crippen molar-refractivity contribution in [3.05, 3.63) is 82.2 Å². The molecular formula is C17H11FN2O2. The fourth-order valence-electron chi connectivity index (χ4n) is 2.03. The normalized spacial score (nSPS) is 11.1. The molecule has 5 heteroatoms. The highest BCUT2D eigenvalue weighted by Gasteiger charge is 2.08. The van der Waals surface area contributed by atoms with Gasteiger partial charge in [0.05, 0.1) is 10.9 Å². The smallest absolute Gasteiger partial charge is 0.259 e. The summed E-state index contributed by atoms with van der Waals surface area (Å²) in [4.78, 5) is 30.6. The van der Waals surface area contributed by atoms with Crippen LogP contribution in [0.1, 0.15) is 16.2 Å². The fraction of sp³-hybridized carbons (Fsp3) is 0. The van der Waals surface area contributed by atoms with Crippen molar-refractivity contribution in [3.63, 3.8) is 0 Å². The Hall–Kier alpha value is -3.08. The summed E-state index contributed by atoms with van der Waals surface area (Å²) < 4.78 is 12.8. The van der Waals surface area contributed by atoms with E-state index in [1.807, 2.05) is 0 Å². The minimum Gasteiger partial charge on any atom is -0.303 e. The van der Waals surface area contributed by atoms with Gasteiger partial charge in [0.15, 0.2) is 5.82 Å². The van der Waals surface area contributed by atoms with E-state index in [0.717, 1.165) is 0 Å². The summed E-state index contributed by atoms with van der Waals surface area (Å²) in [5.41, 5.74) is 0.784. The number of nitrogens with one attached hydrogen (secondary N) is 1. The molecular weight excluding hydrogens is 283 g/mol. The first-order valence-electron chi connectivity index (χ1n) is 6.60. The Balaban J connectivity index is 1.92. The minimum atomic E-state index is -0.424. The molecule has 0 radical (unpaired) electrons. The Morgan fingerprint density at radius 3 is 2.59 bits per heavy atom. The summed E-state index contributed by atoms with van der Waals surface area (Å²) in [6.45, 7) is 0. The van der Waals surface area contributed by atoms with E-state index < -0.39 is 5.78 Å². The van der Waals surface area contributed by atoms with Crippen LogP contribution in [0, 0.1) is 5.82 Å². The van der Waals surface area contributed by atoms with Crippen LogP contribution in [0.3, 0.4) is 0 Å². The average Bonchev–Trinajstić information content (AvgIpc) is 2.54. The molecule has 1 N–H and O–H groups in total. The first-order valence-corrected chi connectivity index (χ1v) is 6.60. The number of allylic oxidation sites excluding steroid dienone is 1. The summed E-state index contributed by atoms with van der Waals surface area (Å²) in [7, 11) is 0. The van der Waals surface area contributed by atoms with Crippen LogP contribution in [0.25, 0.3) is 17.0 Å². The number of H-pyrrole nitrogens is 1. The van der Waals surface area contributed by atoms with Gasteiger partial charge in [-0.2, -0.15) is 0 Å². The molecule has 0 unspecified atom stereocenters. The predicted molar refractivity (Wildman–Crippen MR) is 82.1 cm³/mol. The van der Waals surface area contributed by atoms with E-state index in [-0.39, 0.29) is 17.2 Å². The molecule has 3 aromatic rings. The Bertz CT molecular complexity index is 927. The molecule has 0 bridgehead atoms. The molecule has 108 valence electrons. The van der Waals surface area contributed by atoms with Gasteiger partial charge >= 0.3 is 0 Å². The predicted octanol–water partition coefficient (Wildman–Crippen LogP) is 2.96. The van der Waals surface area contributed by atoms with Crippen LogP contribution in [-0.2, 0) is 0 Å². The maximum absolute atomic E-state index is 12.8. The number of carbonyl (C=O) groups excluding carboxylic acids is 1. The van der Waals surface area contributed by atoms with Crippen LogP contribution in [0.15, 0.2) is 59.4 Å². The van der Waals surface area contributed by atoms with Crippen molar-refractivity contribution >= 4 is 22.8 Å². The van der Waals surface area contributed by atoms with Crippen LogP contribution in [-0.4, -0.2) is 15.8 Å². The summed E-state index contributed by atoms with van der Waals surface area (Å²) in [5, 5.41) is 0.432. The number of halogens is 1. The van der Waals surface area contributed by atoms with Crippen LogP contribution >= 0.6 is 0 Å². The second-order valence-electron chi connectivity index (χ2n) is 4.68. The third-order valence-corrected chi connectivity index (χ3v) is 3.14. The number of rotatable bonds is 3. The van der Waals surface area contributed by atoms with E-state index >= 15 is 0 Å². The Kier molecular flexibility index (Phi) is 3.62. The largest absolute Gasteiger partial charge is 0.303 e. The Morgan fingerprint density at radius 2 is 1.82 bits per heavy atom. The molecule has 0 saturated carbocycles. The van der Waals surface area contributed by atoms with Crippen molar-refractivity contribution in [1.82, 2.24) is 9.97 Å². The minimum absolute atomic E-state index is 0.0259. The van der Waals surface area contributed by atoms with E-state index in [1.165, 1.54) is 24.3 Å². The molecule has 0 atom stereocenters. The number of nitrogens with zero attached hydrogens (tertiary/aromatic N) is 1.